The number of para-hydroxylation sites is 3. The molecule has 2 heterocycles. The standard InChI is InChI=1S/C45H25N5/c46-26-29-13-21-44(50-42-11-5-1-7-35(42)36-8-2-6-12-43(36)50)39(23-29)32-17-15-31(16-18-32)38-25-34(20-19-33(38)28-48)49-41-10-4-3-9-37(41)40-24-30(27-47)14-22-45(40)49/h1-25H. The number of fused-ring (bicyclic) bond motifs is 6. The number of hydrogen-bond acceptors (Lipinski definition) is 3. The third-order valence-corrected chi connectivity index (χ3v) is 9.64. The number of benzene rings is 7. The van der Waals surface area contributed by atoms with Crippen molar-refractivity contribution in [3.05, 3.63) is 168 Å². The maximum Gasteiger partial charge on any atom is 0.0998 e. The van der Waals surface area contributed by atoms with Gasteiger partial charge in [0.2, 0.25) is 0 Å². The van der Waals surface area contributed by atoms with Crippen LogP contribution in [-0.2, 0) is 0 Å². The summed E-state index contributed by atoms with van der Waals surface area (Å²) in [5.74, 6) is 0. The van der Waals surface area contributed by atoms with Crippen molar-refractivity contribution in [2.75, 3.05) is 0 Å². The molecule has 0 fully saturated rings. The van der Waals surface area contributed by atoms with E-state index in [0.717, 1.165) is 66.5 Å². The number of hydrogen-bond donors (Lipinski definition) is 0. The lowest BCUT2D eigenvalue weighted by molar-refractivity contribution is 1.18. The summed E-state index contributed by atoms with van der Waals surface area (Å²) in [7, 11) is 0. The first-order chi connectivity index (χ1) is 24.7. The van der Waals surface area contributed by atoms with E-state index in [1.54, 1.807) is 0 Å². The monoisotopic (exact) mass is 635 g/mol. The van der Waals surface area contributed by atoms with Crippen molar-refractivity contribution in [3.8, 4) is 51.8 Å². The SMILES string of the molecule is N#Cc1ccc(-n2c3ccccc3c3ccccc32)c(-c2ccc(-c3cc(-n4c5ccccc5c5cc(C#N)ccc54)ccc3C#N)cc2)c1. The molecule has 0 radical (unpaired) electrons. The molecule has 0 aliphatic carbocycles. The van der Waals surface area contributed by atoms with Crippen LogP contribution in [0.2, 0.25) is 0 Å². The maximum absolute atomic E-state index is 10.2. The third-order valence-electron chi connectivity index (χ3n) is 9.64. The van der Waals surface area contributed by atoms with Crippen LogP contribution >= 0.6 is 0 Å². The van der Waals surface area contributed by atoms with Crippen LogP contribution in [0.3, 0.4) is 0 Å². The molecule has 0 aliphatic rings. The van der Waals surface area contributed by atoms with E-state index < -0.39 is 0 Å². The van der Waals surface area contributed by atoms with Gasteiger partial charge in [0, 0.05) is 38.4 Å². The lowest BCUT2D eigenvalue weighted by Crippen LogP contribution is -1.98. The second-order valence-electron chi connectivity index (χ2n) is 12.3. The molecule has 5 heteroatoms. The van der Waals surface area contributed by atoms with Crippen LogP contribution < -0.4 is 0 Å². The Balaban J connectivity index is 1.20. The van der Waals surface area contributed by atoms with Gasteiger partial charge in [-0.05, 0) is 83.9 Å². The Morgan fingerprint density at radius 2 is 0.900 bits per heavy atom. The minimum Gasteiger partial charge on any atom is -0.309 e. The molecule has 9 rings (SSSR count). The molecule has 7 aromatic carbocycles. The first kappa shape index (κ1) is 28.8. The number of nitriles is 3. The molecule has 2 aromatic heterocycles. The van der Waals surface area contributed by atoms with Crippen LogP contribution in [0.1, 0.15) is 16.7 Å². The fraction of sp³-hybridized carbons (Fsp3) is 0. The van der Waals surface area contributed by atoms with Crippen LogP contribution in [0.5, 0.6) is 0 Å². The molecule has 0 spiro atoms. The van der Waals surface area contributed by atoms with E-state index in [4.69, 9.17) is 0 Å². The number of rotatable bonds is 4. The highest BCUT2D eigenvalue weighted by molar-refractivity contribution is 6.10. The summed E-state index contributed by atoms with van der Waals surface area (Å²) in [5, 5.41) is 34.1. The smallest absolute Gasteiger partial charge is 0.0998 e. The van der Waals surface area contributed by atoms with Crippen molar-refractivity contribution in [1.29, 1.82) is 15.8 Å². The Hall–Kier alpha value is -7.39. The van der Waals surface area contributed by atoms with Gasteiger partial charge in [-0.2, -0.15) is 15.8 Å². The average Bonchev–Trinajstić information content (AvgIpc) is 3.70. The number of nitrogens with zero attached hydrogens (tertiary/aromatic N) is 5. The summed E-state index contributed by atoms with van der Waals surface area (Å²) in [6, 6.07) is 57.8. The summed E-state index contributed by atoms with van der Waals surface area (Å²) in [5.41, 5.74) is 11.5. The molecule has 0 N–H and O–H groups in total. The molecule has 0 unspecified atom stereocenters. The minimum absolute atomic E-state index is 0.575. The van der Waals surface area contributed by atoms with E-state index in [2.05, 4.69) is 118 Å². The summed E-state index contributed by atoms with van der Waals surface area (Å²) < 4.78 is 4.47. The fourth-order valence-electron chi connectivity index (χ4n) is 7.37. The summed E-state index contributed by atoms with van der Waals surface area (Å²) >= 11 is 0. The van der Waals surface area contributed by atoms with E-state index in [-0.39, 0.29) is 0 Å². The Labute approximate surface area is 287 Å². The molecular formula is C45H25N5. The van der Waals surface area contributed by atoms with Crippen molar-refractivity contribution in [2.45, 2.75) is 0 Å². The van der Waals surface area contributed by atoms with Crippen LogP contribution in [-0.4, -0.2) is 9.13 Å². The van der Waals surface area contributed by atoms with Crippen molar-refractivity contribution >= 4 is 43.6 Å². The van der Waals surface area contributed by atoms with Gasteiger partial charge in [0.05, 0.1) is 62.7 Å². The molecule has 0 saturated carbocycles. The highest BCUT2D eigenvalue weighted by atomic mass is 15.0. The normalized spacial score (nSPS) is 11.1. The van der Waals surface area contributed by atoms with E-state index in [1.165, 1.54) is 10.8 Å². The van der Waals surface area contributed by atoms with Crippen LogP contribution in [0.25, 0.3) is 77.2 Å². The zero-order valence-electron chi connectivity index (χ0n) is 26.7. The topological polar surface area (TPSA) is 81.2 Å². The van der Waals surface area contributed by atoms with Gasteiger partial charge >= 0.3 is 0 Å². The van der Waals surface area contributed by atoms with Crippen molar-refractivity contribution in [2.24, 2.45) is 0 Å². The Kier molecular flexibility index (Phi) is 6.56. The fourth-order valence-corrected chi connectivity index (χ4v) is 7.37. The van der Waals surface area contributed by atoms with Crippen molar-refractivity contribution in [3.63, 3.8) is 0 Å². The van der Waals surface area contributed by atoms with Crippen molar-refractivity contribution in [1.82, 2.24) is 9.13 Å². The number of aromatic nitrogens is 2. The van der Waals surface area contributed by atoms with Crippen LogP contribution in [0.4, 0.5) is 0 Å². The zero-order valence-corrected chi connectivity index (χ0v) is 26.7. The second-order valence-corrected chi connectivity index (χ2v) is 12.3. The molecule has 230 valence electrons. The molecule has 5 nitrogen and oxygen atoms in total. The third kappa shape index (κ3) is 4.38. The Bertz CT molecular complexity index is 2900. The summed E-state index contributed by atoms with van der Waals surface area (Å²) in [4.78, 5) is 0. The minimum atomic E-state index is 0.575. The Morgan fingerprint density at radius 3 is 1.52 bits per heavy atom. The lowest BCUT2D eigenvalue weighted by atomic mass is 9.95. The largest absolute Gasteiger partial charge is 0.309 e. The van der Waals surface area contributed by atoms with Gasteiger partial charge < -0.3 is 9.13 Å². The van der Waals surface area contributed by atoms with E-state index >= 15 is 0 Å². The predicted octanol–water partition coefficient (Wildman–Crippen LogP) is 10.8. The quantitative estimate of drug-likeness (QED) is 0.193. The first-order valence-electron chi connectivity index (χ1n) is 16.3. The molecule has 50 heavy (non-hydrogen) atoms. The van der Waals surface area contributed by atoms with Gasteiger partial charge in [0.1, 0.15) is 0 Å². The van der Waals surface area contributed by atoms with E-state index in [9.17, 15) is 15.8 Å². The maximum atomic E-state index is 10.2. The van der Waals surface area contributed by atoms with Gasteiger partial charge in [-0.1, -0.05) is 78.9 Å². The summed E-state index contributed by atoms with van der Waals surface area (Å²) in [6.45, 7) is 0. The van der Waals surface area contributed by atoms with Gasteiger partial charge in [0.15, 0.2) is 0 Å². The van der Waals surface area contributed by atoms with Gasteiger partial charge in [-0.15, -0.1) is 0 Å². The van der Waals surface area contributed by atoms with E-state index in [1.807, 2.05) is 60.7 Å². The molecule has 0 amide bonds. The zero-order chi connectivity index (χ0) is 33.8. The molecular weight excluding hydrogens is 611 g/mol. The van der Waals surface area contributed by atoms with E-state index in [0.29, 0.717) is 16.7 Å². The second kappa shape index (κ2) is 11.4. The lowest BCUT2D eigenvalue weighted by Gasteiger charge is -2.15. The van der Waals surface area contributed by atoms with Crippen LogP contribution in [0, 0.1) is 34.0 Å². The molecule has 0 atom stereocenters. The first-order valence-corrected chi connectivity index (χ1v) is 16.3. The molecule has 9 aromatic rings. The molecule has 0 aliphatic heterocycles. The van der Waals surface area contributed by atoms with Gasteiger partial charge in [0.25, 0.3) is 0 Å². The summed E-state index contributed by atoms with van der Waals surface area (Å²) in [6.07, 6.45) is 0. The highest BCUT2D eigenvalue weighted by Gasteiger charge is 2.18. The predicted molar refractivity (Wildman–Crippen MR) is 200 cm³/mol. The van der Waals surface area contributed by atoms with Gasteiger partial charge in [-0.3, -0.25) is 0 Å². The molecule has 0 bridgehead atoms. The van der Waals surface area contributed by atoms with Crippen LogP contribution in [0.15, 0.2) is 152 Å². The average molecular weight is 636 g/mol. The van der Waals surface area contributed by atoms with Crippen molar-refractivity contribution < 1.29 is 0 Å². The molecule has 0 saturated heterocycles. The Morgan fingerprint density at radius 1 is 0.380 bits per heavy atom. The highest BCUT2D eigenvalue weighted by Crippen LogP contribution is 2.38. The van der Waals surface area contributed by atoms with Gasteiger partial charge in [-0.25, -0.2) is 0 Å².